The Morgan fingerprint density at radius 2 is 1.89 bits per heavy atom. The van der Waals surface area contributed by atoms with Crippen molar-refractivity contribution in [2.75, 3.05) is 38.1 Å². The fourth-order valence-electron chi connectivity index (χ4n) is 3.04. The monoisotopic (exact) mass is 365 g/mol. The molecule has 0 amide bonds. The molecule has 1 aliphatic rings. The standard InChI is InChI=1S/C20H27N7/c1-22-25-20(24-16-17-6-5-9-23-15-17)14-19(21)27-12-10-26(11-13-27)18-7-3-2-4-8-18/h2-9,14-15,21-22,24-25H,10-13,16H2,1H3/b20-14-,21-19?. The lowest BCUT2D eigenvalue weighted by Crippen LogP contribution is -2.48. The van der Waals surface area contributed by atoms with Gasteiger partial charge in [-0.05, 0) is 23.8 Å². The first-order chi connectivity index (χ1) is 13.3. The van der Waals surface area contributed by atoms with Crippen LogP contribution in [-0.4, -0.2) is 48.9 Å². The number of amidine groups is 1. The minimum Gasteiger partial charge on any atom is -0.368 e. The van der Waals surface area contributed by atoms with E-state index in [1.165, 1.54) is 5.69 Å². The van der Waals surface area contributed by atoms with Gasteiger partial charge in [0.1, 0.15) is 11.7 Å². The maximum absolute atomic E-state index is 8.46. The lowest BCUT2D eigenvalue weighted by Gasteiger charge is -2.37. The van der Waals surface area contributed by atoms with Gasteiger partial charge in [0.05, 0.1) is 0 Å². The summed E-state index contributed by atoms with van der Waals surface area (Å²) in [6.45, 7) is 4.14. The highest BCUT2D eigenvalue weighted by atomic mass is 15.4. The fourth-order valence-corrected chi connectivity index (χ4v) is 3.04. The molecule has 7 nitrogen and oxygen atoms in total. The third-order valence-electron chi connectivity index (χ3n) is 4.49. The van der Waals surface area contributed by atoms with Crippen LogP contribution < -0.4 is 21.1 Å². The average molecular weight is 365 g/mol. The Labute approximate surface area is 160 Å². The molecule has 0 saturated carbocycles. The number of benzene rings is 1. The smallest absolute Gasteiger partial charge is 0.124 e. The van der Waals surface area contributed by atoms with Gasteiger partial charge < -0.3 is 20.5 Å². The molecular formula is C20H27N7. The summed E-state index contributed by atoms with van der Waals surface area (Å²) >= 11 is 0. The lowest BCUT2D eigenvalue weighted by atomic mass is 10.2. The number of anilines is 1. The van der Waals surface area contributed by atoms with Crippen LogP contribution >= 0.6 is 0 Å². The molecule has 27 heavy (non-hydrogen) atoms. The number of hydrogen-bond donors (Lipinski definition) is 4. The summed E-state index contributed by atoms with van der Waals surface area (Å²) in [4.78, 5) is 8.59. The van der Waals surface area contributed by atoms with Gasteiger partial charge in [-0.3, -0.25) is 10.4 Å². The molecule has 0 radical (unpaired) electrons. The zero-order valence-corrected chi connectivity index (χ0v) is 15.7. The predicted octanol–water partition coefficient (Wildman–Crippen LogP) is 1.54. The molecular weight excluding hydrogens is 338 g/mol. The Morgan fingerprint density at radius 1 is 1.11 bits per heavy atom. The molecule has 3 rings (SSSR count). The minimum atomic E-state index is 0.499. The second kappa shape index (κ2) is 9.59. The van der Waals surface area contributed by atoms with E-state index in [9.17, 15) is 0 Å². The first kappa shape index (κ1) is 18.7. The maximum atomic E-state index is 8.46. The summed E-state index contributed by atoms with van der Waals surface area (Å²) < 4.78 is 0. The van der Waals surface area contributed by atoms with Crippen LogP contribution in [-0.2, 0) is 6.54 Å². The molecule has 1 aliphatic heterocycles. The van der Waals surface area contributed by atoms with Crippen LogP contribution in [0.1, 0.15) is 5.56 Å². The van der Waals surface area contributed by atoms with Crippen LogP contribution in [0.2, 0.25) is 0 Å². The van der Waals surface area contributed by atoms with E-state index in [-0.39, 0.29) is 0 Å². The maximum Gasteiger partial charge on any atom is 0.124 e. The Kier molecular flexibility index (Phi) is 6.65. The number of nitrogens with zero attached hydrogens (tertiary/aromatic N) is 3. The van der Waals surface area contributed by atoms with Gasteiger partial charge >= 0.3 is 0 Å². The van der Waals surface area contributed by atoms with Gasteiger partial charge in [-0.2, -0.15) is 0 Å². The topological polar surface area (TPSA) is 79.3 Å². The number of hydrogen-bond acceptors (Lipinski definition) is 6. The van der Waals surface area contributed by atoms with E-state index >= 15 is 0 Å². The summed E-state index contributed by atoms with van der Waals surface area (Å²) in [5.74, 6) is 1.26. The number of hydrazine groups is 1. The van der Waals surface area contributed by atoms with Crippen LogP contribution in [0.5, 0.6) is 0 Å². The van der Waals surface area contributed by atoms with Gasteiger partial charge in [-0.15, -0.1) is 0 Å². The fraction of sp³-hybridized carbons (Fsp3) is 0.300. The van der Waals surface area contributed by atoms with E-state index in [1.54, 1.807) is 6.20 Å². The highest BCUT2D eigenvalue weighted by Crippen LogP contribution is 2.15. The molecule has 1 aromatic carbocycles. The normalized spacial score (nSPS) is 14.8. The number of nitrogens with one attached hydrogen (secondary N) is 4. The van der Waals surface area contributed by atoms with E-state index < -0.39 is 0 Å². The predicted molar refractivity (Wildman–Crippen MR) is 109 cm³/mol. The van der Waals surface area contributed by atoms with Gasteiger partial charge in [0.2, 0.25) is 0 Å². The van der Waals surface area contributed by atoms with E-state index in [2.05, 4.69) is 55.2 Å². The summed E-state index contributed by atoms with van der Waals surface area (Å²) in [5.41, 5.74) is 8.31. The molecule has 0 aliphatic carbocycles. The SMILES string of the molecule is CNN/C(=C\C(=N)N1CCN(c2ccccc2)CC1)NCc1cccnc1. The molecule has 4 N–H and O–H groups in total. The number of para-hydroxylation sites is 1. The second-order valence-corrected chi connectivity index (χ2v) is 6.34. The molecule has 0 unspecified atom stereocenters. The molecule has 2 aromatic rings. The Balaban J connectivity index is 1.55. The number of pyridine rings is 1. The van der Waals surface area contributed by atoms with Gasteiger partial charge in [0.25, 0.3) is 0 Å². The van der Waals surface area contributed by atoms with Crippen molar-refractivity contribution in [3.63, 3.8) is 0 Å². The highest BCUT2D eigenvalue weighted by Gasteiger charge is 2.18. The van der Waals surface area contributed by atoms with Crippen molar-refractivity contribution in [3.05, 3.63) is 72.3 Å². The van der Waals surface area contributed by atoms with Crippen molar-refractivity contribution < 1.29 is 0 Å². The summed E-state index contributed by atoms with van der Waals surface area (Å²) in [7, 11) is 1.81. The first-order valence-corrected chi connectivity index (χ1v) is 9.17. The highest BCUT2D eigenvalue weighted by molar-refractivity contribution is 5.90. The zero-order valence-electron chi connectivity index (χ0n) is 15.7. The Hall–Kier alpha value is -3.06. The van der Waals surface area contributed by atoms with Gasteiger partial charge in [-0.25, -0.2) is 5.43 Å². The molecule has 142 valence electrons. The van der Waals surface area contributed by atoms with E-state index in [4.69, 9.17) is 5.41 Å². The zero-order chi connectivity index (χ0) is 18.9. The van der Waals surface area contributed by atoms with Crippen LogP contribution in [0.25, 0.3) is 0 Å². The summed E-state index contributed by atoms with van der Waals surface area (Å²) in [5, 5.41) is 11.8. The summed E-state index contributed by atoms with van der Waals surface area (Å²) in [6.07, 6.45) is 5.42. The Morgan fingerprint density at radius 3 is 2.56 bits per heavy atom. The molecule has 1 aromatic heterocycles. The van der Waals surface area contributed by atoms with Crippen molar-refractivity contribution in [2.24, 2.45) is 0 Å². The van der Waals surface area contributed by atoms with Gasteiger partial charge in [-0.1, -0.05) is 24.3 Å². The number of rotatable bonds is 7. The summed E-state index contributed by atoms with van der Waals surface area (Å²) in [6, 6.07) is 14.4. The van der Waals surface area contributed by atoms with E-state index in [1.807, 2.05) is 37.5 Å². The molecule has 7 heteroatoms. The molecule has 2 heterocycles. The van der Waals surface area contributed by atoms with Gasteiger partial charge in [0, 0.05) is 63.9 Å². The van der Waals surface area contributed by atoms with Crippen LogP contribution in [0.15, 0.2) is 66.8 Å². The third-order valence-corrected chi connectivity index (χ3v) is 4.49. The number of piperazine rings is 1. The second-order valence-electron chi connectivity index (χ2n) is 6.34. The Bertz CT molecular complexity index is 737. The van der Waals surface area contributed by atoms with Crippen LogP contribution in [0.4, 0.5) is 5.69 Å². The third kappa shape index (κ3) is 5.46. The van der Waals surface area contributed by atoms with Crippen molar-refractivity contribution in [3.8, 4) is 0 Å². The quantitative estimate of drug-likeness (QED) is 0.339. The van der Waals surface area contributed by atoms with E-state index in [0.717, 1.165) is 37.6 Å². The molecule has 1 saturated heterocycles. The first-order valence-electron chi connectivity index (χ1n) is 9.17. The average Bonchev–Trinajstić information content (AvgIpc) is 2.73. The largest absolute Gasteiger partial charge is 0.368 e. The van der Waals surface area contributed by atoms with Crippen molar-refractivity contribution in [1.29, 1.82) is 5.41 Å². The number of aromatic nitrogens is 1. The lowest BCUT2D eigenvalue weighted by molar-refractivity contribution is 0.385. The molecule has 0 spiro atoms. The van der Waals surface area contributed by atoms with Gasteiger partial charge in [0.15, 0.2) is 0 Å². The van der Waals surface area contributed by atoms with Crippen LogP contribution in [0.3, 0.4) is 0 Å². The molecule has 1 fully saturated rings. The van der Waals surface area contributed by atoms with Crippen molar-refractivity contribution in [2.45, 2.75) is 6.54 Å². The van der Waals surface area contributed by atoms with E-state index in [0.29, 0.717) is 12.4 Å². The molecule has 0 bridgehead atoms. The van der Waals surface area contributed by atoms with Crippen molar-refractivity contribution >= 4 is 11.5 Å². The molecule has 0 atom stereocenters. The van der Waals surface area contributed by atoms with Crippen molar-refractivity contribution in [1.82, 2.24) is 26.1 Å². The minimum absolute atomic E-state index is 0.499. The van der Waals surface area contributed by atoms with Crippen LogP contribution in [0, 0.1) is 5.41 Å².